The number of anilines is 2. The maximum absolute atomic E-state index is 11.6. The largest absolute Gasteiger partial charge is 0.497 e. The van der Waals surface area contributed by atoms with E-state index in [0.717, 1.165) is 5.69 Å². The smallest absolute Gasteiger partial charge is 0.239 e. The molecule has 100 valence electrons. The molecule has 0 aliphatic carbocycles. The second-order valence-electron chi connectivity index (χ2n) is 3.89. The zero-order valence-corrected chi connectivity index (χ0v) is 11.2. The van der Waals surface area contributed by atoms with Crippen molar-refractivity contribution in [3.05, 3.63) is 18.2 Å². The number of benzene rings is 1. The number of hydrogen-bond acceptors (Lipinski definition) is 4. The topological polar surface area (TPSA) is 67.6 Å². The maximum Gasteiger partial charge on any atom is 0.239 e. The molecule has 3 N–H and O–H groups in total. The number of methoxy groups -OCH3 is 1. The van der Waals surface area contributed by atoms with Crippen LogP contribution >= 0.6 is 0 Å². The number of nitrogens with one attached hydrogen (secondary N) is 1. The van der Waals surface area contributed by atoms with E-state index < -0.39 is 0 Å². The third-order valence-corrected chi connectivity index (χ3v) is 2.67. The molecule has 0 fully saturated rings. The number of carbonyl (C=O) groups excluding carboxylic acids is 1. The summed E-state index contributed by atoms with van der Waals surface area (Å²) in [6.45, 7) is 5.54. The highest BCUT2D eigenvalue weighted by atomic mass is 16.5. The van der Waals surface area contributed by atoms with Crippen LogP contribution in [0.15, 0.2) is 18.2 Å². The van der Waals surface area contributed by atoms with Gasteiger partial charge in [-0.05, 0) is 26.0 Å². The molecule has 1 aromatic rings. The second-order valence-corrected chi connectivity index (χ2v) is 3.89. The molecule has 0 bridgehead atoms. The SMILES string of the molecule is CCNC(=O)CN(CC)c1ccc(OC)cc1N. The van der Waals surface area contributed by atoms with Gasteiger partial charge in [0.25, 0.3) is 0 Å². The predicted molar refractivity (Wildman–Crippen MR) is 74.0 cm³/mol. The molecular formula is C13H21N3O2. The minimum absolute atomic E-state index is 0.00503. The molecular weight excluding hydrogens is 230 g/mol. The standard InChI is InChI=1S/C13H21N3O2/c1-4-15-13(17)9-16(5-2)12-7-6-10(18-3)8-11(12)14/h6-8H,4-5,9,14H2,1-3H3,(H,15,17). The number of nitrogen functional groups attached to an aromatic ring is 1. The Labute approximate surface area is 108 Å². The van der Waals surface area contributed by atoms with Crippen LogP contribution in [0.25, 0.3) is 0 Å². The summed E-state index contributed by atoms with van der Waals surface area (Å²) in [5, 5.41) is 2.78. The van der Waals surface area contributed by atoms with Gasteiger partial charge in [0, 0.05) is 19.2 Å². The number of hydrogen-bond donors (Lipinski definition) is 2. The fourth-order valence-corrected chi connectivity index (χ4v) is 1.74. The van der Waals surface area contributed by atoms with Crippen molar-refractivity contribution in [2.75, 3.05) is 37.4 Å². The van der Waals surface area contributed by atoms with Gasteiger partial charge in [0.1, 0.15) is 5.75 Å². The van der Waals surface area contributed by atoms with E-state index in [1.54, 1.807) is 13.2 Å². The Balaban J connectivity index is 2.85. The lowest BCUT2D eigenvalue weighted by Crippen LogP contribution is -2.37. The molecule has 0 atom stereocenters. The molecule has 0 saturated carbocycles. The van der Waals surface area contributed by atoms with Gasteiger partial charge in [-0.1, -0.05) is 0 Å². The highest BCUT2D eigenvalue weighted by Gasteiger charge is 2.12. The average molecular weight is 251 g/mol. The fourth-order valence-electron chi connectivity index (χ4n) is 1.74. The molecule has 18 heavy (non-hydrogen) atoms. The van der Waals surface area contributed by atoms with E-state index in [4.69, 9.17) is 10.5 Å². The third-order valence-electron chi connectivity index (χ3n) is 2.67. The Morgan fingerprint density at radius 1 is 1.44 bits per heavy atom. The Morgan fingerprint density at radius 3 is 2.67 bits per heavy atom. The summed E-state index contributed by atoms with van der Waals surface area (Å²) in [6, 6.07) is 5.47. The quantitative estimate of drug-likeness (QED) is 0.746. The fraction of sp³-hybridized carbons (Fsp3) is 0.462. The minimum atomic E-state index is -0.00503. The molecule has 0 aliphatic heterocycles. The number of carbonyl (C=O) groups is 1. The zero-order chi connectivity index (χ0) is 13.5. The molecule has 0 aliphatic rings. The molecule has 5 heteroatoms. The first-order valence-electron chi connectivity index (χ1n) is 6.07. The molecule has 0 saturated heterocycles. The summed E-state index contributed by atoms with van der Waals surface area (Å²) in [5.74, 6) is 0.708. The lowest BCUT2D eigenvalue weighted by atomic mass is 10.2. The van der Waals surface area contributed by atoms with Gasteiger partial charge < -0.3 is 20.7 Å². The minimum Gasteiger partial charge on any atom is -0.497 e. The van der Waals surface area contributed by atoms with Crippen LogP contribution in [0.5, 0.6) is 5.75 Å². The normalized spacial score (nSPS) is 9.94. The van der Waals surface area contributed by atoms with Gasteiger partial charge in [-0.15, -0.1) is 0 Å². The van der Waals surface area contributed by atoms with Crippen LogP contribution in [0.3, 0.4) is 0 Å². The number of rotatable bonds is 6. The van der Waals surface area contributed by atoms with Crippen molar-refractivity contribution in [3.8, 4) is 5.75 Å². The molecule has 0 unspecified atom stereocenters. The Morgan fingerprint density at radius 2 is 2.17 bits per heavy atom. The van der Waals surface area contributed by atoms with E-state index in [1.165, 1.54) is 0 Å². The van der Waals surface area contributed by atoms with Crippen LogP contribution in [0.2, 0.25) is 0 Å². The lowest BCUT2D eigenvalue weighted by molar-refractivity contribution is -0.119. The third kappa shape index (κ3) is 3.55. The van der Waals surface area contributed by atoms with E-state index >= 15 is 0 Å². The molecule has 1 aromatic carbocycles. The van der Waals surface area contributed by atoms with Crippen molar-refractivity contribution >= 4 is 17.3 Å². The second kappa shape index (κ2) is 6.74. The van der Waals surface area contributed by atoms with Crippen LogP contribution in [0.1, 0.15) is 13.8 Å². The van der Waals surface area contributed by atoms with E-state index in [-0.39, 0.29) is 5.91 Å². The van der Waals surface area contributed by atoms with Gasteiger partial charge in [0.15, 0.2) is 0 Å². The zero-order valence-electron chi connectivity index (χ0n) is 11.2. The molecule has 0 radical (unpaired) electrons. The van der Waals surface area contributed by atoms with Crippen LogP contribution in [0.4, 0.5) is 11.4 Å². The van der Waals surface area contributed by atoms with E-state index in [9.17, 15) is 4.79 Å². The first-order chi connectivity index (χ1) is 8.62. The Hall–Kier alpha value is -1.91. The summed E-state index contributed by atoms with van der Waals surface area (Å²) in [5.41, 5.74) is 7.43. The van der Waals surface area contributed by atoms with Crippen molar-refractivity contribution in [1.82, 2.24) is 5.32 Å². The number of nitrogens with zero attached hydrogens (tertiary/aromatic N) is 1. The summed E-state index contributed by atoms with van der Waals surface area (Å²) < 4.78 is 5.11. The summed E-state index contributed by atoms with van der Waals surface area (Å²) in [6.07, 6.45) is 0. The van der Waals surface area contributed by atoms with Gasteiger partial charge >= 0.3 is 0 Å². The maximum atomic E-state index is 11.6. The van der Waals surface area contributed by atoms with Crippen molar-refractivity contribution < 1.29 is 9.53 Å². The molecule has 1 amide bonds. The van der Waals surface area contributed by atoms with Gasteiger partial charge in [0.2, 0.25) is 5.91 Å². The van der Waals surface area contributed by atoms with Crippen molar-refractivity contribution in [2.24, 2.45) is 0 Å². The average Bonchev–Trinajstić information content (AvgIpc) is 2.36. The van der Waals surface area contributed by atoms with Gasteiger partial charge in [-0.3, -0.25) is 4.79 Å². The van der Waals surface area contributed by atoms with Crippen LogP contribution < -0.4 is 20.7 Å². The highest BCUT2D eigenvalue weighted by molar-refractivity contribution is 5.83. The van der Waals surface area contributed by atoms with Crippen molar-refractivity contribution in [1.29, 1.82) is 0 Å². The van der Waals surface area contributed by atoms with Crippen LogP contribution in [-0.2, 0) is 4.79 Å². The number of nitrogens with two attached hydrogens (primary N) is 1. The first-order valence-corrected chi connectivity index (χ1v) is 6.07. The van der Waals surface area contributed by atoms with Crippen LogP contribution in [0, 0.1) is 0 Å². The predicted octanol–water partition coefficient (Wildman–Crippen LogP) is 1.24. The summed E-state index contributed by atoms with van der Waals surface area (Å²) in [4.78, 5) is 13.5. The monoisotopic (exact) mass is 251 g/mol. The van der Waals surface area contributed by atoms with Crippen molar-refractivity contribution in [3.63, 3.8) is 0 Å². The molecule has 5 nitrogen and oxygen atoms in total. The molecule has 1 rings (SSSR count). The number of amides is 1. The van der Waals surface area contributed by atoms with Crippen molar-refractivity contribution in [2.45, 2.75) is 13.8 Å². The van der Waals surface area contributed by atoms with Gasteiger partial charge in [-0.2, -0.15) is 0 Å². The molecule has 0 heterocycles. The number of ether oxygens (including phenoxy) is 1. The highest BCUT2D eigenvalue weighted by Crippen LogP contribution is 2.27. The van der Waals surface area contributed by atoms with Gasteiger partial charge in [-0.25, -0.2) is 0 Å². The van der Waals surface area contributed by atoms with E-state index in [2.05, 4.69) is 5.32 Å². The first kappa shape index (κ1) is 14.2. The van der Waals surface area contributed by atoms with E-state index in [1.807, 2.05) is 30.9 Å². The molecule has 0 aromatic heterocycles. The number of likely N-dealkylation sites (N-methyl/N-ethyl adjacent to an activating group) is 2. The summed E-state index contributed by atoms with van der Waals surface area (Å²) >= 11 is 0. The van der Waals surface area contributed by atoms with E-state index in [0.29, 0.717) is 31.1 Å². The Bertz CT molecular complexity index is 407. The molecule has 0 spiro atoms. The van der Waals surface area contributed by atoms with Crippen LogP contribution in [-0.4, -0.2) is 32.7 Å². The Kier molecular flexibility index (Phi) is 5.30. The lowest BCUT2D eigenvalue weighted by Gasteiger charge is -2.24. The van der Waals surface area contributed by atoms with Gasteiger partial charge in [0.05, 0.1) is 25.0 Å². The summed E-state index contributed by atoms with van der Waals surface area (Å²) in [7, 11) is 1.60.